The second-order valence-corrected chi connectivity index (χ2v) is 7.70. The van der Waals surface area contributed by atoms with Gasteiger partial charge < -0.3 is 10.2 Å². The molecule has 0 aromatic rings. The van der Waals surface area contributed by atoms with Gasteiger partial charge in [-0.15, -0.1) is 0 Å². The molecule has 4 rings (SSSR count). The summed E-state index contributed by atoms with van der Waals surface area (Å²) >= 11 is 0. The van der Waals surface area contributed by atoms with E-state index in [9.17, 15) is 4.79 Å². The molecule has 0 saturated carbocycles. The Kier molecular flexibility index (Phi) is 3.92. The first kappa shape index (κ1) is 14.0. The van der Waals surface area contributed by atoms with E-state index in [2.05, 4.69) is 15.1 Å². The van der Waals surface area contributed by atoms with Crippen molar-refractivity contribution >= 4 is 5.91 Å². The maximum Gasteiger partial charge on any atom is 0.222 e. The van der Waals surface area contributed by atoms with E-state index in [0.29, 0.717) is 30.0 Å². The highest BCUT2D eigenvalue weighted by Crippen LogP contribution is 2.33. The number of nitrogens with zero attached hydrogens (tertiary/aromatic N) is 2. The molecule has 4 aliphatic rings. The van der Waals surface area contributed by atoms with Crippen LogP contribution in [0.15, 0.2) is 0 Å². The molecule has 118 valence electrons. The second kappa shape index (κ2) is 5.88. The molecule has 0 aromatic carbocycles. The zero-order valence-electron chi connectivity index (χ0n) is 13.1. The molecule has 1 amide bonds. The number of rotatable bonds is 3. The Morgan fingerprint density at radius 1 is 1.00 bits per heavy atom. The van der Waals surface area contributed by atoms with Crippen LogP contribution in [0.2, 0.25) is 0 Å². The molecule has 4 fully saturated rings. The summed E-state index contributed by atoms with van der Waals surface area (Å²) in [5.41, 5.74) is 0. The molecule has 4 heteroatoms. The van der Waals surface area contributed by atoms with E-state index in [1.54, 1.807) is 0 Å². The van der Waals surface area contributed by atoms with Gasteiger partial charge in [-0.25, -0.2) is 0 Å². The molecule has 3 atom stereocenters. The maximum atomic E-state index is 12.6. The van der Waals surface area contributed by atoms with E-state index in [0.717, 1.165) is 19.5 Å². The van der Waals surface area contributed by atoms with Crippen LogP contribution >= 0.6 is 0 Å². The highest BCUT2D eigenvalue weighted by atomic mass is 16.2. The Morgan fingerprint density at radius 3 is 2.43 bits per heavy atom. The highest BCUT2D eigenvalue weighted by molar-refractivity contribution is 5.76. The first-order chi connectivity index (χ1) is 10.3. The van der Waals surface area contributed by atoms with Gasteiger partial charge in [0.1, 0.15) is 0 Å². The molecule has 3 unspecified atom stereocenters. The number of hydrogen-bond donors (Lipinski definition) is 1. The van der Waals surface area contributed by atoms with Crippen LogP contribution < -0.4 is 5.32 Å². The van der Waals surface area contributed by atoms with Crippen LogP contribution in [-0.2, 0) is 4.79 Å². The second-order valence-electron chi connectivity index (χ2n) is 7.70. The van der Waals surface area contributed by atoms with Gasteiger partial charge in [-0.3, -0.25) is 9.69 Å². The molecular weight excluding hydrogens is 262 g/mol. The fourth-order valence-electron chi connectivity index (χ4n) is 5.09. The van der Waals surface area contributed by atoms with Crippen LogP contribution in [0.25, 0.3) is 0 Å². The summed E-state index contributed by atoms with van der Waals surface area (Å²) < 4.78 is 0. The lowest BCUT2D eigenvalue weighted by Gasteiger charge is -2.30. The monoisotopic (exact) mass is 291 g/mol. The van der Waals surface area contributed by atoms with Crippen LogP contribution in [0.3, 0.4) is 0 Å². The minimum atomic E-state index is 0.433. The predicted molar refractivity (Wildman–Crippen MR) is 83.1 cm³/mol. The van der Waals surface area contributed by atoms with Gasteiger partial charge in [0.15, 0.2) is 0 Å². The molecule has 4 aliphatic heterocycles. The molecule has 4 heterocycles. The fourth-order valence-corrected chi connectivity index (χ4v) is 5.09. The number of fused-ring (bicyclic) bond motifs is 2. The Balaban J connectivity index is 1.27. The minimum Gasteiger partial charge on any atom is -0.341 e. The highest BCUT2D eigenvalue weighted by Gasteiger charge is 2.36. The van der Waals surface area contributed by atoms with Crippen molar-refractivity contribution in [3.63, 3.8) is 0 Å². The number of likely N-dealkylation sites (tertiary alicyclic amines) is 2. The van der Waals surface area contributed by atoms with E-state index in [1.165, 1.54) is 58.0 Å². The summed E-state index contributed by atoms with van der Waals surface area (Å²) in [4.78, 5) is 17.4. The molecule has 1 N–H and O–H groups in total. The van der Waals surface area contributed by atoms with Gasteiger partial charge in [0.2, 0.25) is 5.91 Å². The Morgan fingerprint density at radius 2 is 1.71 bits per heavy atom. The quantitative estimate of drug-likeness (QED) is 0.858. The van der Waals surface area contributed by atoms with Crippen LogP contribution in [-0.4, -0.2) is 60.0 Å². The molecule has 0 aliphatic carbocycles. The van der Waals surface area contributed by atoms with Gasteiger partial charge in [0.05, 0.1) is 0 Å². The van der Waals surface area contributed by atoms with E-state index in [-0.39, 0.29) is 0 Å². The van der Waals surface area contributed by atoms with Crippen LogP contribution in [0, 0.1) is 5.92 Å². The molecular formula is C17H29N3O. The third-order valence-corrected chi connectivity index (χ3v) is 6.21. The maximum absolute atomic E-state index is 12.6. The molecule has 21 heavy (non-hydrogen) atoms. The first-order valence-electron chi connectivity index (χ1n) is 9.06. The average Bonchev–Trinajstić information content (AvgIpc) is 3.18. The van der Waals surface area contributed by atoms with E-state index >= 15 is 0 Å². The van der Waals surface area contributed by atoms with Gasteiger partial charge in [-0.1, -0.05) is 0 Å². The Bertz CT molecular complexity index is 381. The normalized spacial score (nSPS) is 40.1. The lowest BCUT2D eigenvalue weighted by Crippen LogP contribution is -2.41. The number of hydrogen-bond acceptors (Lipinski definition) is 3. The molecule has 4 saturated heterocycles. The zero-order valence-corrected chi connectivity index (χ0v) is 13.1. The van der Waals surface area contributed by atoms with Gasteiger partial charge >= 0.3 is 0 Å². The smallest absolute Gasteiger partial charge is 0.222 e. The van der Waals surface area contributed by atoms with Crippen molar-refractivity contribution in [1.29, 1.82) is 0 Å². The average molecular weight is 291 g/mol. The van der Waals surface area contributed by atoms with Crippen LogP contribution in [0.1, 0.15) is 51.4 Å². The van der Waals surface area contributed by atoms with Gasteiger partial charge in [0.25, 0.3) is 0 Å². The molecule has 0 spiro atoms. The zero-order chi connectivity index (χ0) is 14.2. The van der Waals surface area contributed by atoms with Crippen LogP contribution in [0.4, 0.5) is 0 Å². The molecule has 4 nitrogen and oxygen atoms in total. The van der Waals surface area contributed by atoms with E-state index < -0.39 is 0 Å². The number of carbonyl (C=O) groups is 1. The fraction of sp³-hybridized carbons (Fsp3) is 0.941. The van der Waals surface area contributed by atoms with E-state index in [1.807, 2.05) is 0 Å². The van der Waals surface area contributed by atoms with Crippen LogP contribution in [0.5, 0.6) is 0 Å². The molecule has 0 aromatic heterocycles. The predicted octanol–water partition coefficient (Wildman–Crippen LogP) is 1.60. The Hall–Kier alpha value is -0.610. The lowest BCUT2D eigenvalue weighted by molar-refractivity contribution is -0.131. The van der Waals surface area contributed by atoms with Crippen molar-refractivity contribution in [1.82, 2.24) is 15.1 Å². The van der Waals surface area contributed by atoms with Crippen molar-refractivity contribution in [2.75, 3.05) is 26.2 Å². The first-order valence-corrected chi connectivity index (χ1v) is 9.06. The summed E-state index contributed by atoms with van der Waals surface area (Å²) in [5, 5.41) is 3.68. The van der Waals surface area contributed by atoms with Crippen molar-refractivity contribution < 1.29 is 4.79 Å². The number of amides is 1. The van der Waals surface area contributed by atoms with Crippen molar-refractivity contribution in [2.45, 2.75) is 69.5 Å². The third-order valence-electron chi connectivity index (χ3n) is 6.21. The minimum absolute atomic E-state index is 0.433. The third kappa shape index (κ3) is 2.98. The SMILES string of the molecule is O=C(CC1CC2CCC(C1)N2)N1CCC(N2CCCC2)C1. The summed E-state index contributed by atoms with van der Waals surface area (Å²) in [6, 6.07) is 2.07. The topological polar surface area (TPSA) is 35.6 Å². The standard InChI is InChI=1S/C17H29N3O/c21-17(11-13-9-14-3-4-15(10-13)18-14)20-8-5-16(12-20)19-6-1-2-7-19/h13-16,18H,1-12H2. The molecule has 2 bridgehead atoms. The summed E-state index contributed by atoms with van der Waals surface area (Å²) in [6.45, 7) is 4.50. The summed E-state index contributed by atoms with van der Waals surface area (Å²) in [6.07, 6.45) is 9.82. The van der Waals surface area contributed by atoms with Gasteiger partial charge in [0, 0.05) is 37.6 Å². The van der Waals surface area contributed by atoms with Gasteiger partial charge in [-0.2, -0.15) is 0 Å². The van der Waals surface area contributed by atoms with Crippen molar-refractivity contribution in [3.8, 4) is 0 Å². The van der Waals surface area contributed by atoms with Crippen molar-refractivity contribution in [3.05, 3.63) is 0 Å². The summed E-state index contributed by atoms with van der Waals surface area (Å²) in [7, 11) is 0. The number of carbonyl (C=O) groups excluding carboxylic acids is 1. The number of nitrogens with one attached hydrogen (secondary N) is 1. The van der Waals surface area contributed by atoms with Gasteiger partial charge in [-0.05, 0) is 64.0 Å². The van der Waals surface area contributed by atoms with E-state index in [4.69, 9.17) is 0 Å². The largest absolute Gasteiger partial charge is 0.341 e. The lowest BCUT2D eigenvalue weighted by atomic mass is 9.89. The van der Waals surface area contributed by atoms with Crippen molar-refractivity contribution in [2.24, 2.45) is 5.92 Å². The molecule has 0 radical (unpaired) electrons. The Labute approximate surface area is 128 Å². The number of piperidine rings is 1. The summed E-state index contributed by atoms with van der Waals surface area (Å²) in [5.74, 6) is 1.07.